The molecule has 1 aliphatic heterocycles. The topological polar surface area (TPSA) is 15.3 Å². The van der Waals surface area contributed by atoms with Gasteiger partial charge in [0.2, 0.25) is 0 Å². The number of nitrogens with one attached hydrogen (secondary N) is 1. The van der Waals surface area contributed by atoms with Gasteiger partial charge in [0.1, 0.15) is 0 Å². The highest BCUT2D eigenvalue weighted by Gasteiger charge is 2.38. The molecule has 2 atom stereocenters. The fourth-order valence-corrected chi connectivity index (χ4v) is 2.32. The Morgan fingerprint density at radius 1 is 1.54 bits per heavy atom. The summed E-state index contributed by atoms with van der Waals surface area (Å²) in [5.74, 6) is 2.64. The predicted molar refractivity (Wildman–Crippen MR) is 54.4 cm³/mol. The van der Waals surface area contributed by atoms with Gasteiger partial charge in [0.15, 0.2) is 0 Å². The number of nitrogens with zero attached hydrogens (tertiary/aromatic N) is 1. The Kier molecular flexibility index (Phi) is 2.57. The van der Waals surface area contributed by atoms with Crippen LogP contribution < -0.4 is 5.32 Å². The summed E-state index contributed by atoms with van der Waals surface area (Å²) in [4.78, 5) is 2.63. The molecule has 1 saturated carbocycles. The van der Waals surface area contributed by atoms with Crippen LogP contribution in [0.5, 0.6) is 0 Å². The third-order valence-electron chi connectivity index (χ3n) is 3.13. The second-order valence-electron chi connectivity index (χ2n) is 4.29. The molecule has 2 nitrogen and oxygen atoms in total. The third-order valence-corrected chi connectivity index (χ3v) is 3.13. The third kappa shape index (κ3) is 2.04. The van der Waals surface area contributed by atoms with Gasteiger partial charge in [-0.2, -0.15) is 0 Å². The maximum absolute atomic E-state index is 5.22. The van der Waals surface area contributed by atoms with Crippen LogP contribution in [0.1, 0.15) is 26.2 Å². The molecule has 2 aliphatic rings. The van der Waals surface area contributed by atoms with Crippen molar-refractivity contribution in [3.05, 3.63) is 0 Å². The molecule has 1 aliphatic carbocycles. The van der Waals surface area contributed by atoms with E-state index in [1.165, 1.54) is 25.8 Å². The van der Waals surface area contributed by atoms with E-state index in [2.05, 4.69) is 23.1 Å². The van der Waals surface area contributed by atoms with Gasteiger partial charge >= 0.3 is 0 Å². The molecule has 2 fully saturated rings. The van der Waals surface area contributed by atoms with Crippen molar-refractivity contribution >= 4 is 0 Å². The normalized spacial score (nSPS) is 34.8. The van der Waals surface area contributed by atoms with Crippen molar-refractivity contribution in [1.29, 1.82) is 0 Å². The smallest absolute Gasteiger partial charge is 0.0576 e. The van der Waals surface area contributed by atoms with Gasteiger partial charge in [0.05, 0.1) is 6.54 Å². The quantitative estimate of drug-likeness (QED) is 0.644. The molecule has 2 heteroatoms. The van der Waals surface area contributed by atoms with Crippen LogP contribution in [0.2, 0.25) is 0 Å². The average Bonchev–Trinajstić information content (AvgIpc) is 2.88. The molecule has 0 radical (unpaired) electrons. The van der Waals surface area contributed by atoms with Gasteiger partial charge in [0, 0.05) is 24.7 Å². The molecule has 13 heavy (non-hydrogen) atoms. The molecule has 1 N–H and O–H groups in total. The summed E-state index contributed by atoms with van der Waals surface area (Å²) in [5.41, 5.74) is 0. The van der Waals surface area contributed by atoms with Crippen LogP contribution in [0.3, 0.4) is 0 Å². The summed E-state index contributed by atoms with van der Waals surface area (Å²) in [6.45, 7) is 4.25. The molecule has 0 aromatic carbocycles. The lowest BCUT2D eigenvalue weighted by Crippen LogP contribution is -2.34. The van der Waals surface area contributed by atoms with E-state index < -0.39 is 0 Å². The number of rotatable bonds is 3. The Morgan fingerprint density at radius 3 is 2.92 bits per heavy atom. The SMILES string of the molecule is C#CCNC1CC(C)N(C2CC2)C1. The first kappa shape index (κ1) is 9.05. The summed E-state index contributed by atoms with van der Waals surface area (Å²) in [6.07, 6.45) is 9.30. The van der Waals surface area contributed by atoms with E-state index in [0.29, 0.717) is 6.04 Å². The fraction of sp³-hybridized carbons (Fsp3) is 0.818. The summed E-state index contributed by atoms with van der Waals surface area (Å²) < 4.78 is 0. The van der Waals surface area contributed by atoms with E-state index in [1.54, 1.807) is 0 Å². The first-order valence-electron chi connectivity index (χ1n) is 5.24. The molecule has 0 aromatic heterocycles. The lowest BCUT2D eigenvalue weighted by atomic mass is 10.2. The fourth-order valence-electron chi connectivity index (χ4n) is 2.32. The Bertz CT molecular complexity index is 215. The lowest BCUT2D eigenvalue weighted by Gasteiger charge is -2.19. The van der Waals surface area contributed by atoms with E-state index in [9.17, 15) is 0 Å². The number of terminal acetylenes is 1. The minimum atomic E-state index is 0.631. The Balaban J connectivity index is 1.80. The maximum atomic E-state index is 5.22. The van der Waals surface area contributed by atoms with Crippen molar-refractivity contribution in [3.63, 3.8) is 0 Å². The highest BCUT2D eigenvalue weighted by molar-refractivity contribution is 4.97. The van der Waals surface area contributed by atoms with Crippen molar-refractivity contribution in [2.24, 2.45) is 0 Å². The van der Waals surface area contributed by atoms with Crippen LogP contribution in [0, 0.1) is 12.3 Å². The number of likely N-dealkylation sites (tertiary alicyclic amines) is 1. The molecule has 2 rings (SSSR count). The van der Waals surface area contributed by atoms with Crippen LogP contribution in [0.4, 0.5) is 0 Å². The van der Waals surface area contributed by atoms with Crippen LogP contribution in [0.25, 0.3) is 0 Å². The van der Waals surface area contributed by atoms with Crippen LogP contribution in [-0.2, 0) is 0 Å². The van der Waals surface area contributed by atoms with Crippen molar-refractivity contribution in [2.45, 2.75) is 44.3 Å². The van der Waals surface area contributed by atoms with E-state index in [4.69, 9.17) is 6.42 Å². The summed E-state index contributed by atoms with van der Waals surface area (Å²) in [7, 11) is 0. The average molecular weight is 178 g/mol. The van der Waals surface area contributed by atoms with E-state index in [0.717, 1.165) is 18.6 Å². The highest BCUT2D eigenvalue weighted by Crippen LogP contribution is 2.33. The minimum Gasteiger partial charge on any atom is -0.302 e. The van der Waals surface area contributed by atoms with Gasteiger partial charge < -0.3 is 5.32 Å². The maximum Gasteiger partial charge on any atom is 0.0576 e. The van der Waals surface area contributed by atoms with E-state index >= 15 is 0 Å². The second-order valence-corrected chi connectivity index (χ2v) is 4.29. The summed E-state index contributed by atoms with van der Waals surface area (Å²) in [6, 6.07) is 2.28. The predicted octanol–water partition coefficient (Wildman–Crippen LogP) is 0.834. The summed E-state index contributed by atoms with van der Waals surface area (Å²) in [5, 5.41) is 3.40. The molecule has 0 aromatic rings. The molecule has 0 bridgehead atoms. The van der Waals surface area contributed by atoms with Gasteiger partial charge in [-0.1, -0.05) is 5.92 Å². The standard InChI is InChI=1S/C11H18N2/c1-3-6-12-10-7-9(2)13(8-10)11-4-5-11/h1,9-12H,4-8H2,2H3. The van der Waals surface area contributed by atoms with Gasteiger partial charge in [-0.15, -0.1) is 6.42 Å². The van der Waals surface area contributed by atoms with Crippen LogP contribution in [-0.4, -0.2) is 36.1 Å². The van der Waals surface area contributed by atoms with Gasteiger partial charge in [0.25, 0.3) is 0 Å². The zero-order valence-electron chi connectivity index (χ0n) is 8.29. The van der Waals surface area contributed by atoms with Crippen molar-refractivity contribution < 1.29 is 0 Å². The lowest BCUT2D eigenvalue weighted by molar-refractivity contribution is 0.255. The van der Waals surface area contributed by atoms with Gasteiger partial charge in [-0.25, -0.2) is 0 Å². The summed E-state index contributed by atoms with van der Waals surface area (Å²) >= 11 is 0. The Hall–Kier alpha value is -0.520. The van der Waals surface area contributed by atoms with Crippen LogP contribution in [0.15, 0.2) is 0 Å². The number of hydrogen-bond donors (Lipinski definition) is 1. The molecule has 1 saturated heterocycles. The molecule has 72 valence electrons. The Labute approximate surface area is 80.7 Å². The van der Waals surface area contributed by atoms with Crippen molar-refractivity contribution in [3.8, 4) is 12.3 Å². The molecular formula is C11H18N2. The van der Waals surface area contributed by atoms with E-state index in [-0.39, 0.29) is 0 Å². The Morgan fingerprint density at radius 2 is 2.31 bits per heavy atom. The second kappa shape index (κ2) is 3.69. The zero-order valence-corrected chi connectivity index (χ0v) is 8.29. The van der Waals surface area contributed by atoms with Gasteiger partial charge in [-0.05, 0) is 26.2 Å². The largest absolute Gasteiger partial charge is 0.302 e. The highest BCUT2D eigenvalue weighted by atomic mass is 15.3. The number of hydrogen-bond acceptors (Lipinski definition) is 2. The first-order valence-corrected chi connectivity index (χ1v) is 5.24. The van der Waals surface area contributed by atoms with E-state index in [1.807, 2.05) is 0 Å². The molecule has 0 spiro atoms. The van der Waals surface area contributed by atoms with Gasteiger partial charge in [-0.3, -0.25) is 4.90 Å². The molecule has 1 heterocycles. The van der Waals surface area contributed by atoms with Crippen molar-refractivity contribution in [1.82, 2.24) is 10.2 Å². The van der Waals surface area contributed by atoms with Crippen molar-refractivity contribution in [2.75, 3.05) is 13.1 Å². The molecular weight excluding hydrogens is 160 g/mol. The molecule has 0 amide bonds. The molecule has 2 unspecified atom stereocenters. The zero-order chi connectivity index (χ0) is 9.26. The minimum absolute atomic E-state index is 0.631. The van der Waals surface area contributed by atoms with Crippen LogP contribution >= 0.6 is 0 Å². The first-order chi connectivity index (χ1) is 6.31. The monoisotopic (exact) mass is 178 g/mol.